The van der Waals surface area contributed by atoms with Gasteiger partial charge in [-0.15, -0.1) is 0 Å². The normalized spacial score (nSPS) is 38.5. The zero-order valence-corrected chi connectivity index (χ0v) is 7.74. The van der Waals surface area contributed by atoms with Crippen molar-refractivity contribution in [1.29, 1.82) is 0 Å². The molecule has 2 atom stereocenters. The number of aliphatic hydroxyl groups excluding tert-OH is 1. The molecule has 2 fully saturated rings. The molecule has 0 aromatic heterocycles. The van der Waals surface area contributed by atoms with Crippen LogP contribution >= 0.6 is 0 Å². The zero-order valence-electron chi connectivity index (χ0n) is 7.74. The molecule has 12 heavy (non-hydrogen) atoms. The summed E-state index contributed by atoms with van der Waals surface area (Å²) in [4.78, 5) is 4.88. The molecule has 0 spiro atoms. The van der Waals surface area contributed by atoms with E-state index in [1.807, 2.05) is 0 Å². The summed E-state index contributed by atoms with van der Waals surface area (Å²) in [6.45, 7) is 3.84. The first-order valence-electron chi connectivity index (χ1n) is 4.86. The second-order valence-electron chi connectivity index (χ2n) is 4.07. The second-order valence-corrected chi connectivity index (χ2v) is 4.07. The van der Waals surface area contributed by atoms with Crippen LogP contribution in [-0.2, 0) is 0 Å². The van der Waals surface area contributed by atoms with Gasteiger partial charge in [-0.3, -0.25) is 4.90 Å². The monoisotopic (exact) mass is 170 g/mol. The van der Waals surface area contributed by atoms with E-state index in [1.165, 1.54) is 19.4 Å². The van der Waals surface area contributed by atoms with Crippen molar-refractivity contribution in [2.45, 2.75) is 24.9 Å². The zero-order chi connectivity index (χ0) is 8.55. The first-order chi connectivity index (χ1) is 5.81. The summed E-state index contributed by atoms with van der Waals surface area (Å²) in [5.74, 6) is 0. The predicted molar refractivity (Wildman–Crippen MR) is 48.1 cm³/mol. The summed E-state index contributed by atoms with van der Waals surface area (Å²) in [6.07, 6.45) is 2.46. The quantitative estimate of drug-likeness (QED) is 0.588. The Hall–Kier alpha value is -0.120. The molecular weight excluding hydrogens is 152 g/mol. The third-order valence-electron chi connectivity index (χ3n) is 3.24. The lowest BCUT2D eigenvalue weighted by atomic mass is 10.2. The fourth-order valence-corrected chi connectivity index (χ4v) is 2.51. The van der Waals surface area contributed by atoms with Gasteiger partial charge in [0.1, 0.15) is 0 Å². The maximum Gasteiger partial charge on any atom is 0.0587 e. The first-order valence-corrected chi connectivity index (χ1v) is 4.86. The molecule has 2 unspecified atom stereocenters. The molecule has 0 aliphatic carbocycles. The third kappa shape index (κ3) is 1.37. The van der Waals surface area contributed by atoms with E-state index in [0.717, 1.165) is 19.1 Å². The Balaban J connectivity index is 1.98. The number of hydrogen-bond acceptors (Lipinski definition) is 3. The lowest BCUT2D eigenvalue weighted by molar-refractivity contribution is 0.0685. The Morgan fingerprint density at radius 2 is 2.17 bits per heavy atom. The highest BCUT2D eigenvalue weighted by Crippen LogP contribution is 2.26. The molecule has 2 aliphatic heterocycles. The van der Waals surface area contributed by atoms with E-state index in [2.05, 4.69) is 16.8 Å². The minimum atomic E-state index is 0.347. The molecule has 2 aliphatic rings. The largest absolute Gasteiger partial charge is 0.395 e. The molecule has 70 valence electrons. The Labute approximate surface area is 74.0 Å². The topological polar surface area (TPSA) is 26.7 Å². The van der Waals surface area contributed by atoms with Crippen LogP contribution in [-0.4, -0.2) is 60.3 Å². The van der Waals surface area contributed by atoms with Gasteiger partial charge in [-0.1, -0.05) is 0 Å². The van der Waals surface area contributed by atoms with Crippen LogP contribution in [0.25, 0.3) is 0 Å². The highest BCUT2D eigenvalue weighted by Gasteiger charge is 2.35. The SMILES string of the molecule is CN1CCN2C(CO)CCC2C1. The molecule has 2 rings (SSSR count). The molecule has 1 N–H and O–H groups in total. The van der Waals surface area contributed by atoms with Gasteiger partial charge in [-0.2, -0.15) is 0 Å². The highest BCUT2D eigenvalue weighted by molar-refractivity contribution is 4.91. The Morgan fingerprint density at radius 1 is 1.33 bits per heavy atom. The van der Waals surface area contributed by atoms with Crippen LogP contribution in [0.1, 0.15) is 12.8 Å². The van der Waals surface area contributed by atoms with Gasteiger partial charge < -0.3 is 10.0 Å². The number of piperazine rings is 1. The molecule has 0 aromatic carbocycles. The van der Waals surface area contributed by atoms with Crippen LogP contribution in [0.3, 0.4) is 0 Å². The number of aliphatic hydroxyl groups is 1. The highest BCUT2D eigenvalue weighted by atomic mass is 16.3. The van der Waals surface area contributed by atoms with E-state index in [0.29, 0.717) is 12.6 Å². The van der Waals surface area contributed by atoms with Crippen LogP contribution in [0, 0.1) is 0 Å². The van der Waals surface area contributed by atoms with E-state index in [4.69, 9.17) is 5.11 Å². The average molecular weight is 170 g/mol. The number of rotatable bonds is 1. The van der Waals surface area contributed by atoms with Gasteiger partial charge in [0.05, 0.1) is 6.61 Å². The van der Waals surface area contributed by atoms with Crippen molar-refractivity contribution in [3.05, 3.63) is 0 Å². The number of likely N-dealkylation sites (N-methyl/N-ethyl adjacent to an activating group) is 1. The van der Waals surface area contributed by atoms with Gasteiger partial charge in [0.25, 0.3) is 0 Å². The molecule has 3 nitrogen and oxygen atoms in total. The van der Waals surface area contributed by atoms with Crippen molar-refractivity contribution in [2.75, 3.05) is 33.3 Å². The number of nitrogens with zero attached hydrogens (tertiary/aromatic N) is 2. The van der Waals surface area contributed by atoms with Gasteiger partial charge in [0.2, 0.25) is 0 Å². The summed E-state index contributed by atoms with van der Waals surface area (Å²) in [7, 11) is 2.18. The minimum Gasteiger partial charge on any atom is -0.395 e. The van der Waals surface area contributed by atoms with Crippen LogP contribution < -0.4 is 0 Å². The molecule has 2 saturated heterocycles. The van der Waals surface area contributed by atoms with Gasteiger partial charge in [0.15, 0.2) is 0 Å². The predicted octanol–water partition coefficient (Wildman–Crippen LogP) is -0.243. The smallest absolute Gasteiger partial charge is 0.0587 e. The van der Waals surface area contributed by atoms with Gasteiger partial charge >= 0.3 is 0 Å². The molecule has 0 radical (unpaired) electrons. The Kier molecular flexibility index (Phi) is 2.35. The maximum absolute atomic E-state index is 9.12. The van der Waals surface area contributed by atoms with Gasteiger partial charge in [-0.05, 0) is 19.9 Å². The Morgan fingerprint density at radius 3 is 2.92 bits per heavy atom. The summed E-state index contributed by atoms with van der Waals surface area (Å²) >= 11 is 0. The van der Waals surface area contributed by atoms with Crippen molar-refractivity contribution < 1.29 is 5.11 Å². The van der Waals surface area contributed by atoms with Crippen LogP contribution in [0.15, 0.2) is 0 Å². The van der Waals surface area contributed by atoms with Crippen molar-refractivity contribution in [3.8, 4) is 0 Å². The summed E-state index contributed by atoms with van der Waals surface area (Å²) in [5.41, 5.74) is 0. The molecule has 0 bridgehead atoms. The minimum absolute atomic E-state index is 0.347. The van der Waals surface area contributed by atoms with Crippen LogP contribution in [0.2, 0.25) is 0 Å². The fourth-order valence-electron chi connectivity index (χ4n) is 2.51. The van der Waals surface area contributed by atoms with Gasteiger partial charge in [-0.25, -0.2) is 0 Å². The first kappa shape index (κ1) is 8.48. The maximum atomic E-state index is 9.12. The van der Waals surface area contributed by atoms with E-state index in [9.17, 15) is 0 Å². The molecule has 3 heteroatoms. The summed E-state index contributed by atoms with van der Waals surface area (Å²) in [5, 5.41) is 9.12. The molecule has 0 saturated carbocycles. The van der Waals surface area contributed by atoms with Crippen molar-refractivity contribution in [3.63, 3.8) is 0 Å². The van der Waals surface area contributed by atoms with E-state index < -0.39 is 0 Å². The fraction of sp³-hybridized carbons (Fsp3) is 1.00. The van der Waals surface area contributed by atoms with Gasteiger partial charge in [0, 0.05) is 31.7 Å². The molecule has 0 aromatic rings. The average Bonchev–Trinajstić information content (AvgIpc) is 2.46. The standard InChI is InChI=1S/C9H18N2O/c1-10-4-5-11-8(6-10)2-3-9(11)7-12/h8-9,12H,2-7H2,1H3. The summed E-state index contributed by atoms with van der Waals surface area (Å²) < 4.78 is 0. The lowest BCUT2D eigenvalue weighted by Crippen LogP contribution is -2.51. The van der Waals surface area contributed by atoms with Crippen molar-refractivity contribution in [1.82, 2.24) is 9.80 Å². The molecular formula is C9H18N2O. The van der Waals surface area contributed by atoms with Crippen molar-refractivity contribution >= 4 is 0 Å². The summed E-state index contributed by atoms with van der Waals surface area (Å²) in [6, 6.07) is 1.18. The van der Waals surface area contributed by atoms with E-state index in [-0.39, 0.29) is 0 Å². The number of fused-ring (bicyclic) bond motifs is 1. The van der Waals surface area contributed by atoms with Crippen molar-refractivity contribution in [2.24, 2.45) is 0 Å². The molecule has 0 amide bonds. The number of hydrogen-bond donors (Lipinski definition) is 1. The van der Waals surface area contributed by atoms with Crippen LogP contribution in [0.5, 0.6) is 0 Å². The second kappa shape index (κ2) is 3.32. The van der Waals surface area contributed by atoms with Crippen LogP contribution in [0.4, 0.5) is 0 Å². The van der Waals surface area contributed by atoms with E-state index in [1.54, 1.807) is 0 Å². The third-order valence-corrected chi connectivity index (χ3v) is 3.24. The Bertz CT molecular complexity index is 163. The van der Waals surface area contributed by atoms with E-state index >= 15 is 0 Å². The molecule has 2 heterocycles. The lowest BCUT2D eigenvalue weighted by Gasteiger charge is -2.37.